The van der Waals surface area contributed by atoms with Crippen molar-refractivity contribution >= 4 is 27.5 Å². The normalized spacial score (nSPS) is 12.1. The number of carbonyl (C=O) groups excluding carboxylic acids is 2. The Morgan fingerprint density at radius 2 is 1.40 bits per heavy atom. The van der Waals surface area contributed by atoms with E-state index in [0.717, 1.165) is 26.6 Å². The zero-order valence-corrected chi connectivity index (χ0v) is 29.5. The van der Waals surface area contributed by atoms with Gasteiger partial charge in [0.2, 0.25) is 11.8 Å². The van der Waals surface area contributed by atoms with Crippen LogP contribution in [0, 0.1) is 13.8 Å². The average Bonchev–Trinajstić information content (AvgIpc) is 3.05. The molecule has 0 fully saturated rings. The van der Waals surface area contributed by atoms with Crippen molar-refractivity contribution < 1.29 is 27.5 Å². The Balaban J connectivity index is 1.88. The minimum absolute atomic E-state index is 0.00201. The first-order chi connectivity index (χ1) is 22.7. The smallest absolute Gasteiger partial charge is 0.264 e. The number of ether oxygens (including phenoxy) is 2. The number of rotatable bonds is 13. The Morgan fingerprint density at radius 1 is 0.792 bits per heavy atom. The largest absolute Gasteiger partial charge is 0.497 e. The molecule has 0 aliphatic carbocycles. The maximum atomic E-state index is 14.8. The first-order valence-electron chi connectivity index (χ1n) is 15.7. The van der Waals surface area contributed by atoms with E-state index in [4.69, 9.17) is 9.47 Å². The average molecular weight is 672 g/mol. The van der Waals surface area contributed by atoms with Crippen LogP contribution >= 0.6 is 0 Å². The summed E-state index contributed by atoms with van der Waals surface area (Å²) >= 11 is 0. The molecule has 4 rings (SSSR count). The first-order valence-corrected chi connectivity index (χ1v) is 17.2. The first kappa shape index (κ1) is 36.0. The molecule has 0 aromatic heterocycles. The van der Waals surface area contributed by atoms with Crippen molar-refractivity contribution in [2.45, 2.75) is 64.1 Å². The van der Waals surface area contributed by atoms with E-state index >= 15 is 0 Å². The van der Waals surface area contributed by atoms with Gasteiger partial charge in [-0.2, -0.15) is 0 Å². The van der Waals surface area contributed by atoms with Gasteiger partial charge in [0.1, 0.15) is 24.1 Å². The fourth-order valence-corrected chi connectivity index (χ4v) is 6.66. The lowest BCUT2D eigenvalue weighted by Gasteiger charge is -2.35. The SMILES string of the molecule is COc1ccc(OC)c(N(CC(=O)N(Cc2ccc(C)cc2)C(Cc2ccccc2)C(=O)NC(C)(C)C)S(=O)(=O)c2ccc(C)cc2)c1. The van der Waals surface area contributed by atoms with Crippen LogP contribution in [0.2, 0.25) is 0 Å². The molecule has 0 heterocycles. The topological polar surface area (TPSA) is 105 Å². The van der Waals surface area contributed by atoms with Crippen molar-refractivity contribution in [2.24, 2.45) is 0 Å². The van der Waals surface area contributed by atoms with Crippen LogP contribution in [0.4, 0.5) is 5.69 Å². The highest BCUT2D eigenvalue weighted by atomic mass is 32.2. The monoisotopic (exact) mass is 671 g/mol. The summed E-state index contributed by atoms with van der Waals surface area (Å²) in [6.07, 6.45) is 0.216. The van der Waals surface area contributed by atoms with E-state index in [-0.39, 0.29) is 35.2 Å². The van der Waals surface area contributed by atoms with Gasteiger partial charge in [-0.1, -0.05) is 77.9 Å². The fraction of sp³-hybridized carbons (Fsp3) is 0.316. The summed E-state index contributed by atoms with van der Waals surface area (Å²) in [5, 5.41) is 3.05. The van der Waals surface area contributed by atoms with Crippen LogP contribution in [-0.4, -0.2) is 57.5 Å². The molecule has 4 aromatic carbocycles. The van der Waals surface area contributed by atoms with Crippen LogP contribution < -0.4 is 19.1 Å². The molecular formula is C38H45N3O6S. The zero-order valence-electron chi connectivity index (χ0n) is 28.7. The highest BCUT2D eigenvalue weighted by molar-refractivity contribution is 7.92. The van der Waals surface area contributed by atoms with Crippen LogP contribution in [0.5, 0.6) is 11.5 Å². The van der Waals surface area contributed by atoms with Crippen LogP contribution in [0.3, 0.4) is 0 Å². The van der Waals surface area contributed by atoms with E-state index in [0.29, 0.717) is 5.75 Å². The van der Waals surface area contributed by atoms with Crippen molar-refractivity contribution in [1.82, 2.24) is 10.2 Å². The second kappa shape index (κ2) is 15.4. The maximum absolute atomic E-state index is 14.8. The van der Waals surface area contributed by atoms with E-state index in [1.54, 1.807) is 24.3 Å². The minimum atomic E-state index is -4.32. The van der Waals surface area contributed by atoms with E-state index in [1.165, 1.54) is 37.3 Å². The molecule has 4 aromatic rings. The molecule has 48 heavy (non-hydrogen) atoms. The molecule has 0 aliphatic heterocycles. The van der Waals surface area contributed by atoms with Crippen LogP contribution in [0.15, 0.2) is 102 Å². The third kappa shape index (κ3) is 9.16. The Kier molecular flexibility index (Phi) is 11.5. The van der Waals surface area contributed by atoms with Crippen LogP contribution in [-0.2, 0) is 32.6 Å². The molecule has 1 unspecified atom stereocenters. The molecule has 10 heteroatoms. The van der Waals surface area contributed by atoms with Gasteiger partial charge in [-0.25, -0.2) is 8.42 Å². The number of nitrogens with zero attached hydrogens (tertiary/aromatic N) is 2. The molecule has 0 spiro atoms. The number of carbonyl (C=O) groups is 2. The molecule has 0 radical (unpaired) electrons. The van der Waals surface area contributed by atoms with Gasteiger partial charge in [0.15, 0.2) is 0 Å². The predicted molar refractivity (Wildman–Crippen MR) is 189 cm³/mol. The lowest BCUT2D eigenvalue weighted by atomic mass is 10.0. The minimum Gasteiger partial charge on any atom is -0.497 e. The Labute approximate surface area is 284 Å². The van der Waals surface area contributed by atoms with Gasteiger partial charge in [0.25, 0.3) is 10.0 Å². The standard InChI is InChI=1S/C38H45N3O6S/c1-27-13-17-30(18-14-27)25-40(34(37(43)39-38(3,4)5)23-29-11-9-8-10-12-29)36(42)26-41(33-24-31(46-6)19-22-35(33)47-7)48(44,45)32-20-15-28(2)16-21-32/h8-22,24,34H,23,25-26H2,1-7H3,(H,39,43). The summed E-state index contributed by atoms with van der Waals surface area (Å²) in [5.41, 5.74) is 3.12. The predicted octanol–water partition coefficient (Wildman–Crippen LogP) is 6.07. The van der Waals surface area contributed by atoms with E-state index in [9.17, 15) is 18.0 Å². The number of amides is 2. The molecule has 0 saturated carbocycles. The Morgan fingerprint density at radius 3 is 1.96 bits per heavy atom. The molecular weight excluding hydrogens is 627 g/mol. The third-order valence-corrected chi connectivity index (χ3v) is 9.56. The molecule has 1 atom stereocenters. The highest BCUT2D eigenvalue weighted by Gasteiger charge is 2.36. The van der Waals surface area contributed by atoms with Gasteiger partial charge in [0.05, 0.1) is 24.8 Å². The van der Waals surface area contributed by atoms with E-state index < -0.39 is 34.1 Å². The summed E-state index contributed by atoms with van der Waals surface area (Å²) in [4.78, 5) is 30.3. The molecule has 1 N–H and O–H groups in total. The second-order valence-electron chi connectivity index (χ2n) is 12.8. The summed E-state index contributed by atoms with van der Waals surface area (Å²) in [6.45, 7) is 8.92. The second-order valence-corrected chi connectivity index (χ2v) is 14.7. The van der Waals surface area contributed by atoms with Crippen molar-refractivity contribution in [3.63, 3.8) is 0 Å². The van der Waals surface area contributed by atoms with Crippen molar-refractivity contribution in [2.75, 3.05) is 25.1 Å². The molecule has 0 saturated heterocycles. The van der Waals surface area contributed by atoms with Gasteiger partial charge in [-0.05, 0) is 70.0 Å². The quantitative estimate of drug-likeness (QED) is 0.185. The van der Waals surface area contributed by atoms with Crippen LogP contribution in [0.1, 0.15) is 43.0 Å². The van der Waals surface area contributed by atoms with Crippen molar-refractivity contribution in [3.05, 3.63) is 119 Å². The van der Waals surface area contributed by atoms with Crippen molar-refractivity contribution in [1.29, 1.82) is 0 Å². The van der Waals surface area contributed by atoms with Gasteiger partial charge >= 0.3 is 0 Å². The van der Waals surface area contributed by atoms with Crippen LogP contribution in [0.25, 0.3) is 0 Å². The van der Waals surface area contributed by atoms with Gasteiger partial charge in [0, 0.05) is 24.6 Å². The van der Waals surface area contributed by atoms with E-state index in [1.807, 2.05) is 89.2 Å². The highest BCUT2D eigenvalue weighted by Crippen LogP contribution is 2.36. The van der Waals surface area contributed by atoms with Crippen molar-refractivity contribution in [3.8, 4) is 11.5 Å². The van der Waals surface area contributed by atoms with Gasteiger partial charge in [-0.15, -0.1) is 0 Å². The number of anilines is 1. The molecule has 0 bridgehead atoms. The molecule has 254 valence electrons. The summed E-state index contributed by atoms with van der Waals surface area (Å²) in [7, 11) is -1.42. The lowest BCUT2D eigenvalue weighted by Crippen LogP contribution is -2.56. The molecule has 2 amide bonds. The number of hydrogen-bond donors (Lipinski definition) is 1. The fourth-order valence-electron chi connectivity index (χ4n) is 5.24. The summed E-state index contributed by atoms with van der Waals surface area (Å²) < 4.78 is 40.9. The summed E-state index contributed by atoms with van der Waals surface area (Å²) in [5.74, 6) is -0.305. The Hall–Kier alpha value is -4.83. The molecule has 0 aliphatic rings. The van der Waals surface area contributed by atoms with Gasteiger partial charge < -0.3 is 19.7 Å². The third-order valence-electron chi connectivity index (χ3n) is 7.79. The number of aryl methyl sites for hydroxylation is 2. The lowest BCUT2D eigenvalue weighted by molar-refractivity contribution is -0.140. The summed E-state index contributed by atoms with van der Waals surface area (Å²) in [6, 6.07) is 27.4. The van der Waals surface area contributed by atoms with E-state index in [2.05, 4.69) is 5.32 Å². The molecule has 9 nitrogen and oxygen atoms in total. The number of methoxy groups -OCH3 is 2. The zero-order chi connectivity index (χ0) is 35.1. The number of benzene rings is 4. The van der Waals surface area contributed by atoms with Gasteiger partial charge in [-0.3, -0.25) is 13.9 Å². The number of nitrogens with one attached hydrogen (secondary N) is 1. The number of hydrogen-bond acceptors (Lipinski definition) is 6. The Bertz CT molecular complexity index is 1800. The maximum Gasteiger partial charge on any atom is 0.264 e. The number of sulfonamides is 1.